The third-order valence-electron chi connectivity index (χ3n) is 4.05. The second-order valence-corrected chi connectivity index (χ2v) is 6.63. The van der Waals surface area contributed by atoms with Crippen molar-refractivity contribution in [1.29, 1.82) is 5.26 Å². The van der Waals surface area contributed by atoms with Crippen molar-refractivity contribution in [2.45, 2.75) is 6.92 Å². The van der Waals surface area contributed by atoms with E-state index in [0.717, 1.165) is 22.6 Å². The Morgan fingerprint density at radius 3 is 2.50 bits per heavy atom. The SMILES string of the molecule is CCOc1ccc(-c2csc(/C(C#N)=C\c3cc(OC)ccc3OC)n2)cc1. The molecule has 142 valence electrons. The minimum atomic E-state index is 0.466. The highest BCUT2D eigenvalue weighted by Crippen LogP contribution is 2.31. The van der Waals surface area contributed by atoms with E-state index in [9.17, 15) is 5.26 Å². The summed E-state index contributed by atoms with van der Waals surface area (Å²) in [6, 6.07) is 15.5. The molecule has 1 heterocycles. The maximum atomic E-state index is 9.67. The second kappa shape index (κ2) is 9.07. The fraction of sp³-hybridized carbons (Fsp3) is 0.182. The number of aromatic nitrogens is 1. The van der Waals surface area contributed by atoms with Crippen LogP contribution >= 0.6 is 11.3 Å². The van der Waals surface area contributed by atoms with Crippen molar-refractivity contribution in [3.63, 3.8) is 0 Å². The molecule has 0 saturated carbocycles. The largest absolute Gasteiger partial charge is 0.497 e. The smallest absolute Gasteiger partial charge is 0.134 e. The van der Waals surface area contributed by atoms with Crippen molar-refractivity contribution < 1.29 is 14.2 Å². The molecular formula is C22H20N2O3S. The van der Waals surface area contributed by atoms with Gasteiger partial charge in [0.1, 0.15) is 28.3 Å². The standard InChI is InChI=1S/C22H20N2O3S/c1-4-27-18-7-5-15(6-8-18)20-14-28-22(24-20)17(13-23)11-16-12-19(25-2)9-10-21(16)26-3/h5-12,14H,4H2,1-3H3/b17-11-. The number of ether oxygens (including phenoxy) is 3. The number of thiazole rings is 1. The molecule has 0 spiro atoms. The Hall–Kier alpha value is -3.30. The number of benzene rings is 2. The molecule has 0 bridgehead atoms. The van der Waals surface area contributed by atoms with Gasteiger partial charge in [-0.15, -0.1) is 11.3 Å². The predicted octanol–water partition coefficient (Wildman–Crippen LogP) is 5.29. The van der Waals surface area contributed by atoms with E-state index in [1.165, 1.54) is 11.3 Å². The molecule has 0 amide bonds. The minimum absolute atomic E-state index is 0.466. The van der Waals surface area contributed by atoms with Crippen LogP contribution in [0.2, 0.25) is 0 Å². The van der Waals surface area contributed by atoms with Gasteiger partial charge in [0, 0.05) is 16.5 Å². The van der Waals surface area contributed by atoms with E-state index in [2.05, 4.69) is 11.1 Å². The van der Waals surface area contributed by atoms with Gasteiger partial charge in [-0.05, 0) is 55.5 Å². The van der Waals surface area contributed by atoms with E-state index in [0.29, 0.717) is 28.7 Å². The average Bonchev–Trinajstić information content (AvgIpc) is 3.22. The molecule has 0 saturated heterocycles. The van der Waals surface area contributed by atoms with Crippen molar-refractivity contribution in [3.8, 4) is 34.6 Å². The van der Waals surface area contributed by atoms with E-state index in [1.807, 2.05) is 54.8 Å². The molecule has 5 nitrogen and oxygen atoms in total. The quantitative estimate of drug-likeness (QED) is 0.511. The molecule has 0 aliphatic heterocycles. The lowest BCUT2D eigenvalue weighted by molar-refractivity contribution is 0.340. The average molecular weight is 392 g/mol. The van der Waals surface area contributed by atoms with Gasteiger partial charge < -0.3 is 14.2 Å². The molecular weight excluding hydrogens is 372 g/mol. The van der Waals surface area contributed by atoms with Crippen LogP contribution in [0.4, 0.5) is 0 Å². The highest BCUT2D eigenvalue weighted by molar-refractivity contribution is 7.11. The van der Waals surface area contributed by atoms with Crippen LogP contribution in [-0.4, -0.2) is 25.8 Å². The molecule has 0 radical (unpaired) electrons. The Labute approximate surface area is 168 Å². The topological polar surface area (TPSA) is 64.4 Å². The summed E-state index contributed by atoms with van der Waals surface area (Å²) in [4.78, 5) is 4.64. The van der Waals surface area contributed by atoms with Crippen molar-refractivity contribution >= 4 is 23.0 Å². The molecule has 3 aromatic rings. The Bertz CT molecular complexity index is 1020. The molecule has 6 heteroatoms. The van der Waals surface area contributed by atoms with Crippen LogP contribution in [0.5, 0.6) is 17.2 Å². The minimum Gasteiger partial charge on any atom is -0.497 e. The lowest BCUT2D eigenvalue weighted by Gasteiger charge is -2.07. The fourth-order valence-corrected chi connectivity index (χ4v) is 3.46. The van der Waals surface area contributed by atoms with E-state index >= 15 is 0 Å². The lowest BCUT2D eigenvalue weighted by atomic mass is 10.1. The highest BCUT2D eigenvalue weighted by Gasteiger charge is 2.11. The van der Waals surface area contributed by atoms with Crippen LogP contribution in [0.25, 0.3) is 22.9 Å². The van der Waals surface area contributed by atoms with Gasteiger partial charge in [-0.25, -0.2) is 4.98 Å². The fourth-order valence-electron chi connectivity index (χ4n) is 2.67. The highest BCUT2D eigenvalue weighted by atomic mass is 32.1. The van der Waals surface area contributed by atoms with Gasteiger partial charge >= 0.3 is 0 Å². The predicted molar refractivity (Wildman–Crippen MR) is 112 cm³/mol. The van der Waals surface area contributed by atoms with Crippen LogP contribution in [-0.2, 0) is 0 Å². The Morgan fingerprint density at radius 1 is 1.11 bits per heavy atom. The van der Waals surface area contributed by atoms with Gasteiger partial charge in [0.15, 0.2) is 0 Å². The zero-order chi connectivity index (χ0) is 19.9. The molecule has 0 atom stereocenters. The number of hydrogen-bond donors (Lipinski definition) is 0. The van der Waals surface area contributed by atoms with Gasteiger partial charge in [-0.2, -0.15) is 5.26 Å². The number of hydrogen-bond acceptors (Lipinski definition) is 6. The molecule has 0 aliphatic carbocycles. The summed E-state index contributed by atoms with van der Waals surface area (Å²) in [6.07, 6.45) is 1.77. The van der Waals surface area contributed by atoms with Crippen molar-refractivity contribution in [2.75, 3.05) is 20.8 Å². The monoisotopic (exact) mass is 392 g/mol. The summed E-state index contributed by atoms with van der Waals surface area (Å²) in [5.74, 6) is 2.18. The zero-order valence-electron chi connectivity index (χ0n) is 15.9. The molecule has 0 N–H and O–H groups in total. The first kappa shape index (κ1) is 19.5. The van der Waals surface area contributed by atoms with Gasteiger partial charge in [0.2, 0.25) is 0 Å². The third-order valence-corrected chi connectivity index (χ3v) is 4.93. The zero-order valence-corrected chi connectivity index (χ0v) is 16.7. The van der Waals surface area contributed by atoms with Crippen LogP contribution < -0.4 is 14.2 Å². The van der Waals surface area contributed by atoms with Crippen molar-refractivity contribution in [2.24, 2.45) is 0 Å². The van der Waals surface area contributed by atoms with Crippen molar-refractivity contribution in [3.05, 3.63) is 58.4 Å². The molecule has 28 heavy (non-hydrogen) atoms. The summed E-state index contributed by atoms with van der Waals surface area (Å²) in [7, 11) is 3.20. The first-order valence-corrected chi connectivity index (χ1v) is 9.59. The lowest BCUT2D eigenvalue weighted by Crippen LogP contribution is -1.91. The van der Waals surface area contributed by atoms with E-state index in [4.69, 9.17) is 14.2 Å². The molecule has 1 aromatic heterocycles. The second-order valence-electron chi connectivity index (χ2n) is 5.77. The Morgan fingerprint density at radius 2 is 1.86 bits per heavy atom. The Balaban J connectivity index is 1.92. The van der Waals surface area contributed by atoms with Gasteiger partial charge in [-0.3, -0.25) is 0 Å². The summed E-state index contributed by atoms with van der Waals surface area (Å²) in [5.41, 5.74) is 3.02. The maximum Gasteiger partial charge on any atom is 0.134 e. The Kier molecular flexibility index (Phi) is 6.30. The van der Waals surface area contributed by atoms with Crippen LogP contribution in [0.15, 0.2) is 47.8 Å². The number of methoxy groups -OCH3 is 2. The summed E-state index contributed by atoms with van der Waals surface area (Å²) >= 11 is 1.43. The summed E-state index contributed by atoms with van der Waals surface area (Å²) in [6.45, 7) is 2.58. The van der Waals surface area contributed by atoms with Crippen molar-refractivity contribution in [1.82, 2.24) is 4.98 Å². The number of allylic oxidation sites excluding steroid dienone is 1. The maximum absolute atomic E-state index is 9.67. The van der Waals surface area contributed by atoms with Crippen LogP contribution in [0.1, 0.15) is 17.5 Å². The van der Waals surface area contributed by atoms with Gasteiger partial charge in [0.05, 0.1) is 32.1 Å². The molecule has 0 unspecified atom stereocenters. The van der Waals surface area contributed by atoms with Gasteiger partial charge in [0.25, 0.3) is 0 Å². The van der Waals surface area contributed by atoms with Gasteiger partial charge in [-0.1, -0.05) is 0 Å². The molecule has 0 fully saturated rings. The van der Waals surface area contributed by atoms with E-state index in [1.54, 1.807) is 20.3 Å². The normalized spacial score (nSPS) is 11.0. The molecule has 0 aliphatic rings. The van der Waals surface area contributed by atoms with E-state index in [-0.39, 0.29) is 0 Å². The number of rotatable bonds is 7. The summed E-state index contributed by atoms with van der Waals surface area (Å²) in [5, 5.41) is 12.3. The number of nitrogens with zero attached hydrogens (tertiary/aromatic N) is 2. The molecule has 2 aromatic carbocycles. The first-order chi connectivity index (χ1) is 13.7. The number of nitriles is 1. The molecule has 3 rings (SSSR count). The van der Waals surface area contributed by atoms with Crippen LogP contribution in [0.3, 0.4) is 0 Å². The third kappa shape index (κ3) is 4.33. The van der Waals surface area contributed by atoms with Crippen LogP contribution in [0, 0.1) is 11.3 Å². The summed E-state index contributed by atoms with van der Waals surface area (Å²) < 4.78 is 16.1. The van der Waals surface area contributed by atoms with E-state index < -0.39 is 0 Å². The first-order valence-electron chi connectivity index (χ1n) is 8.71.